The minimum absolute atomic E-state index is 0.244. The number of halogens is 1. The van der Waals surface area contributed by atoms with Crippen molar-refractivity contribution < 1.29 is 17.9 Å². The van der Waals surface area contributed by atoms with Crippen molar-refractivity contribution in [2.75, 3.05) is 6.26 Å². The molecule has 0 unspecified atom stereocenters. The highest BCUT2D eigenvalue weighted by atomic mass is 35.5. The van der Waals surface area contributed by atoms with Crippen LogP contribution >= 0.6 is 11.6 Å². The number of amides is 1. The first-order chi connectivity index (χ1) is 14.2. The van der Waals surface area contributed by atoms with Crippen molar-refractivity contribution >= 4 is 27.3 Å². The zero-order valence-corrected chi connectivity index (χ0v) is 18.2. The third kappa shape index (κ3) is 5.62. The van der Waals surface area contributed by atoms with Crippen LogP contribution in [0.4, 0.5) is 0 Å². The molecule has 0 fully saturated rings. The normalized spacial score (nSPS) is 12.2. The highest BCUT2D eigenvalue weighted by molar-refractivity contribution is 7.90. The van der Waals surface area contributed by atoms with Gasteiger partial charge >= 0.3 is 0 Å². The lowest BCUT2D eigenvalue weighted by Gasteiger charge is -2.15. The standard InChI is InChI=1S/C23H22ClNO4S/c1-16(17-10-12-21(13-11-17)30(2,27)28)25-23(26)18-7-5-8-20(14-18)29-15-19-6-3-4-9-22(19)24/h3-14,16H,15H2,1-2H3,(H,25,26)/t16-/m1/s1. The summed E-state index contributed by atoms with van der Waals surface area (Å²) in [4.78, 5) is 12.9. The summed E-state index contributed by atoms with van der Waals surface area (Å²) in [6, 6.07) is 20.5. The Labute approximate surface area is 181 Å². The van der Waals surface area contributed by atoms with Crippen molar-refractivity contribution in [3.05, 3.63) is 94.5 Å². The summed E-state index contributed by atoms with van der Waals surface area (Å²) in [6.07, 6.45) is 1.16. The van der Waals surface area contributed by atoms with E-state index in [2.05, 4.69) is 5.32 Å². The number of nitrogens with one attached hydrogen (secondary N) is 1. The highest BCUT2D eigenvalue weighted by Gasteiger charge is 2.14. The van der Waals surface area contributed by atoms with E-state index in [-0.39, 0.29) is 16.8 Å². The molecule has 0 spiro atoms. The molecule has 1 N–H and O–H groups in total. The molecule has 7 heteroatoms. The third-order valence-electron chi connectivity index (χ3n) is 4.60. The van der Waals surface area contributed by atoms with Gasteiger partial charge in [-0.25, -0.2) is 8.42 Å². The lowest BCUT2D eigenvalue weighted by molar-refractivity contribution is 0.0939. The molecule has 0 saturated carbocycles. The molecule has 0 radical (unpaired) electrons. The van der Waals surface area contributed by atoms with Gasteiger partial charge in [0.05, 0.1) is 10.9 Å². The second-order valence-electron chi connectivity index (χ2n) is 6.94. The minimum Gasteiger partial charge on any atom is -0.489 e. The van der Waals surface area contributed by atoms with Crippen LogP contribution in [-0.4, -0.2) is 20.6 Å². The van der Waals surface area contributed by atoms with Gasteiger partial charge in [0.25, 0.3) is 5.91 Å². The molecule has 1 amide bonds. The van der Waals surface area contributed by atoms with E-state index in [0.29, 0.717) is 22.9 Å². The fraction of sp³-hybridized carbons (Fsp3) is 0.174. The molecular formula is C23H22ClNO4S. The van der Waals surface area contributed by atoms with Gasteiger partial charge in [-0.3, -0.25) is 4.79 Å². The summed E-state index contributed by atoms with van der Waals surface area (Å²) < 4.78 is 28.9. The first-order valence-corrected chi connectivity index (χ1v) is 11.6. The minimum atomic E-state index is -3.25. The molecule has 3 rings (SSSR count). The smallest absolute Gasteiger partial charge is 0.251 e. The van der Waals surface area contributed by atoms with Gasteiger partial charge in [0.1, 0.15) is 12.4 Å². The van der Waals surface area contributed by atoms with Crippen molar-refractivity contribution in [3.8, 4) is 5.75 Å². The van der Waals surface area contributed by atoms with E-state index >= 15 is 0 Å². The molecule has 30 heavy (non-hydrogen) atoms. The Morgan fingerprint density at radius 1 is 1.03 bits per heavy atom. The highest BCUT2D eigenvalue weighted by Crippen LogP contribution is 2.21. The summed E-state index contributed by atoms with van der Waals surface area (Å²) >= 11 is 6.14. The average molecular weight is 444 g/mol. The average Bonchev–Trinajstić information content (AvgIpc) is 2.73. The Bertz CT molecular complexity index is 1140. The van der Waals surface area contributed by atoms with Crippen LogP contribution in [-0.2, 0) is 16.4 Å². The zero-order valence-electron chi connectivity index (χ0n) is 16.6. The molecule has 156 valence electrons. The predicted molar refractivity (Wildman–Crippen MR) is 118 cm³/mol. The first kappa shape index (κ1) is 21.9. The lowest BCUT2D eigenvalue weighted by atomic mass is 10.1. The number of ether oxygens (including phenoxy) is 1. The number of hydrogen-bond donors (Lipinski definition) is 1. The van der Waals surface area contributed by atoms with E-state index in [4.69, 9.17) is 16.3 Å². The second-order valence-corrected chi connectivity index (χ2v) is 9.37. The number of hydrogen-bond acceptors (Lipinski definition) is 4. The van der Waals surface area contributed by atoms with E-state index in [1.165, 1.54) is 12.1 Å². The maximum atomic E-state index is 12.7. The first-order valence-electron chi connectivity index (χ1n) is 9.31. The third-order valence-corrected chi connectivity index (χ3v) is 6.10. The van der Waals surface area contributed by atoms with Crippen LogP contribution in [0.2, 0.25) is 5.02 Å². The summed E-state index contributed by atoms with van der Waals surface area (Å²) in [5.41, 5.74) is 2.13. The maximum absolute atomic E-state index is 12.7. The van der Waals surface area contributed by atoms with E-state index in [1.807, 2.05) is 25.1 Å². The molecule has 0 bridgehead atoms. The topological polar surface area (TPSA) is 72.5 Å². The SMILES string of the molecule is C[C@@H](NC(=O)c1cccc(OCc2ccccc2Cl)c1)c1ccc(S(C)(=O)=O)cc1. The van der Waals surface area contributed by atoms with E-state index in [9.17, 15) is 13.2 Å². The molecule has 5 nitrogen and oxygen atoms in total. The number of benzene rings is 3. The quantitative estimate of drug-likeness (QED) is 0.568. The summed E-state index contributed by atoms with van der Waals surface area (Å²) in [5.74, 6) is 0.311. The zero-order chi connectivity index (χ0) is 21.7. The van der Waals surface area contributed by atoms with Crippen LogP contribution in [0.1, 0.15) is 34.5 Å². The molecule has 3 aromatic carbocycles. The molecule has 0 saturated heterocycles. The van der Waals surface area contributed by atoms with Crippen molar-refractivity contribution in [2.45, 2.75) is 24.5 Å². The van der Waals surface area contributed by atoms with Gasteiger partial charge in [-0.15, -0.1) is 0 Å². The molecule has 1 atom stereocenters. The van der Waals surface area contributed by atoms with Gasteiger partial charge < -0.3 is 10.1 Å². The predicted octanol–water partition coefficient (Wildman–Crippen LogP) is 4.81. The largest absolute Gasteiger partial charge is 0.489 e. The van der Waals surface area contributed by atoms with Gasteiger partial charge in [0.2, 0.25) is 0 Å². The number of rotatable bonds is 7. The fourth-order valence-corrected chi connectivity index (χ4v) is 3.69. The molecule has 0 heterocycles. The fourth-order valence-electron chi connectivity index (χ4n) is 2.87. The van der Waals surface area contributed by atoms with Gasteiger partial charge in [0.15, 0.2) is 9.84 Å². The van der Waals surface area contributed by atoms with Crippen LogP contribution in [0.15, 0.2) is 77.7 Å². The molecule has 3 aromatic rings. The Morgan fingerprint density at radius 2 is 1.73 bits per heavy atom. The van der Waals surface area contributed by atoms with Gasteiger partial charge in [-0.2, -0.15) is 0 Å². The molecule has 0 aliphatic heterocycles. The van der Waals surface area contributed by atoms with Crippen molar-refractivity contribution in [2.24, 2.45) is 0 Å². The van der Waals surface area contributed by atoms with Crippen LogP contribution < -0.4 is 10.1 Å². The number of carbonyl (C=O) groups is 1. The van der Waals surface area contributed by atoms with Gasteiger partial charge in [-0.1, -0.05) is 48.0 Å². The lowest BCUT2D eigenvalue weighted by Crippen LogP contribution is -2.26. The number of carbonyl (C=O) groups excluding carboxylic acids is 1. The number of sulfone groups is 1. The van der Waals surface area contributed by atoms with E-state index in [0.717, 1.165) is 17.4 Å². The monoisotopic (exact) mass is 443 g/mol. The Balaban J connectivity index is 1.65. The Hall–Kier alpha value is -2.83. The molecular weight excluding hydrogens is 422 g/mol. The molecule has 0 aliphatic rings. The van der Waals surface area contributed by atoms with Crippen LogP contribution in [0.25, 0.3) is 0 Å². The maximum Gasteiger partial charge on any atom is 0.251 e. The van der Waals surface area contributed by atoms with Crippen molar-refractivity contribution in [1.82, 2.24) is 5.32 Å². The Morgan fingerprint density at radius 3 is 2.40 bits per heavy atom. The van der Waals surface area contributed by atoms with Gasteiger partial charge in [-0.05, 0) is 48.9 Å². The van der Waals surface area contributed by atoms with Crippen molar-refractivity contribution in [1.29, 1.82) is 0 Å². The van der Waals surface area contributed by atoms with E-state index in [1.54, 1.807) is 42.5 Å². The summed E-state index contributed by atoms with van der Waals surface area (Å²) in [6.45, 7) is 2.14. The van der Waals surface area contributed by atoms with Crippen molar-refractivity contribution in [3.63, 3.8) is 0 Å². The molecule has 0 aliphatic carbocycles. The van der Waals surface area contributed by atoms with E-state index < -0.39 is 9.84 Å². The summed E-state index contributed by atoms with van der Waals surface area (Å²) in [5, 5.41) is 3.54. The summed E-state index contributed by atoms with van der Waals surface area (Å²) in [7, 11) is -3.25. The van der Waals surface area contributed by atoms with Crippen LogP contribution in [0.5, 0.6) is 5.75 Å². The Kier molecular flexibility index (Phi) is 6.80. The van der Waals surface area contributed by atoms with Crippen LogP contribution in [0, 0.1) is 0 Å². The van der Waals surface area contributed by atoms with Crippen LogP contribution in [0.3, 0.4) is 0 Å². The molecule has 0 aromatic heterocycles. The second kappa shape index (κ2) is 9.32. The van der Waals surface area contributed by atoms with Gasteiger partial charge in [0, 0.05) is 22.4 Å².